The topological polar surface area (TPSA) is 49.4 Å². The average Bonchev–Trinajstić information content (AvgIpc) is 2.26. The van der Waals surface area contributed by atoms with Gasteiger partial charge in [0.1, 0.15) is 0 Å². The predicted molar refractivity (Wildman–Crippen MR) is 63.0 cm³/mol. The minimum atomic E-state index is -0.0789. The molecule has 92 valence electrons. The molecule has 1 N–H and O–H groups in total. The van der Waals surface area contributed by atoms with E-state index in [4.69, 9.17) is 0 Å². The first-order chi connectivity index (χ1) is 7.75. The molecule has 0 bridgehead atoms. The molecule has 0 aromatic carbocycles. The number of nitrogens with one attached hydrogen (secondary N) is 1. The van der Waals surface area contributed by atoms with Crippen molar-refractivity contribution in [1.82, 2.24) is 10.2 Å². The minimum Gasteiger partial charge on any atom is -0.300 e. The zero-order chi connectivity index (χ0) is 11.8. The number of imide groups is 1. The Morgan fingerprint density at radius 1 is 1.00 bits per heavy atom. The second-order valence-electron chi connectivity index (χ2n) is 4.31. The maximum absolute atomic E-state index is 11.4. The van der Waals surface area contributed by atoms with Gasteiger partial charge in [0, 0.05) is 6.54 Å². The third-order valence-corrected chi connectivity index (χ3v) is 2.89. The molecule has 1 fully saturated rings. The van der Waals surface area contributed by atoms with Crippen LogP contribution in [0.2, 0.25) is 0 Å². The third-order valence-electron chi connectivity index (χ3n) is 2.89. The van der Waals surface area contributed by atoms with Crippen molar-refractivity contribution in [2.45, 2.75) is 45.4 Å². The number of carbonyl (C=O) groups excluding carboxylic acids is 2. The second kappa shape index (κ2) is 7.39. The summed E-state index contributed by atoms with van der Waals surface area (Å²) in [6, 6.07) is 0. The monoisotopic (exact) mass is 226 g/mol. The first-order valence-corrected chi connectivity index (χ1v) is 6.29. The Bertz CT molecular complexity index is 225. The van der Waals surface area contributed by atoms with Crippen LogP contribution in [-0.4, -0.2) is 36.3 Å². The van der Waals surface area contributed by atoms with E-state index >= 15 is 0 Å². The van der Waals surface area contributed by atoms with E-state index in [2.05, 4.69) is 12.2 Å². The Kier molecular flexibility index (Phi) is 6.08. The van der Waals surface area contributed by atoms with Crippen molar-refractivity contribution in [3.05, 3.63) is 0 Å². The van der Waals surface area contributed by atoms with Crippen LogP contribution in [0.25, 0.3) is 0 Å². The Morgan fingerprint density at radius 3 is 2.19 bits per heavy atom. The molecule has 0 saturated carbocycles. The lowest BCUT2D eigenvalue weighted by Gasteiger charge is -2.25. The van der Waals surface area contributed by atoms with E-state index < -0.39 is 0 Å². The van der Waals surface area contributed by atoms with Crippen LogP contribution in [0.15, 0.2) is 0 Å². The number of rotatable bonds is 7. The van der Waals surface area contributed by atoms with Crippen LogP contribution in [0.5, 0.6) is 0 Å². The van der Waals surface area contributed by atoms with Crippen molar-refractivity contribution in [3.8, 4) is 0 Å². The van der Waals surface area contributed by atoms with E-state index in [0.29, 0.717) is 19.6 Å². The van der Waals surface area contributed by atoms with Gasteiger partial charge in [-0.2, -0.15) is 0 Å². The molecule has 16 heavy (non-hydrogen) atoms. The molecular weight excluding hydrogens is 204 g/mol. The molecule has 4 nitrogen and oxygen atoms in total. The highest BCUT2D eigenvalue weighted by Gasteiger charge is 2.24. The Hall–Kier alpha value is -0.900. The summed E-state index contributed by atoms with van der Waals surface area (Å²) in [5, 5.41) is 2.79. The van der Waals surface area contributed by atoms with Gasteiger partial charge in [0.25, 0.3) is 0 Å². The van der Waals surface area contributed by atoms with Gasteiger partial charge in [0.2, 0.25) is 11.8 Å². The number of hydrogen-bond acceptors (Lipinski definition) is 3. The molecule has 0 unspecified atom stereocenters. The average molecular weight is 226 g/mol. The van der Waals surface area contributed by atoms with Crippen LogP contribution in [-0.2, 0) is 9.59 Å². The molecule has 1 aliphatic heterocycles. The Labute approximate surface area is 97.4 Å². The highest BCUT2D eigenvalue weighted by atomic mass is 16.2. The summed E-state index contributed by atoms with van der Waals surface area (Å²) in [5.41, 5.74) is 0. The van der Waals surface area contributed by atoms with Gasteiger partial charge in [-0.05, 0) is 6.42 Å². The minimum absolute atomic E-state index is 0.0789. The predicted octanol–water partition coefficient (Wildman–Crippen LogP) is 1.31. The number of hydrogen-bond donors (Lipinski definition) is 1. The first-order valence-electron chi connectivity index (χ1n) is 6.29. The van der Waals surface area contributed by atoms with Crippen LogP contribution in [0, 0.1) is 0 Å². The number of amides is 2. The molecule has 4 heteroatoms. The van der Waals surface area contributed by atoms with E-state index in [0.717, 1.165) is 12.8 Å². The van der Waals surface area contributed by atoms with Crippen LogP contribution in [0.3, 0.4) is 0 Å². The molecule has 2 amide bonds. The maximum atomic E-state index is 11.4. The van der Waals surface area contributed by atoms with Crippen molar-refractivity contribution in [1.29, 1.82) is 0 Å². The van der Waals surface area contributed by atoms with Crippen molar-refractivity contribution in [3.63, 3.8) is 0 Å². The number of nitrogens with zero attached hydrogens (tertiary/aromatic N) is 1. The molecule has 0 aromatic rings. The van der Waals surface area contributed by atoms with Gasteiger partial charge >= 0.3 is 0 Å². The van der Waals surface area contributed by atoms with Gasteiger partial charge in [-0.3, -0.25) is 19.8 Å². The lowest BCUT2D eigenvalue weighted by molar-refractivity contribution is -0.146. The highest BCUT2D eigenvalue weighted by Crippen LogP contribution is 2.07. The molecule has 0 aromatic heterocycles. The summed E-state index contributed by atoms with van der Waals surface area (Å²) in [7, 11) is 0. The summed E-state index contributed by atoms with van der Waals surface area (Å²) in [6.45, 7) is 3.41. The zero-order valence-electron chi connectivity index (χ0n) is 10.1. The lowest BCUT2D eigenvalue weighted by Crippen LogP contribution is -2.52. The Balaban J connectivity index is 2.11. The molecule has 0 radical (unpaired) electrons. The maximum Gasteiger partial charge on any atom is 0.243 e. The van der Waals surface area contributed by atoms with Crippen molar-refractivity contribution in [2.75, 3.05) is 19.6 Å². The normalized spacial score (nSPS) is 16.9. The number of piperazine rings is 1. The van der Waals surface area contributed by atoms with E-state index in [1.165, 1.54) is 30.6 Å². The van der Waals surface area contributed by atoms with Gasteiger partial charge in [-0.25, -0.2) is 0 Å². The quantitative estimate of drug-likeness (QED) is 0.526. The van der Waals surface area contributed by atoms with Gasteiger partial charge < -0.3 is 0 Å². The van der Waals surface area contributed by atoms with Gasteiger partial charge in [-0.15, -0.1) is 0 Å². The molecule has 1 heterocycles. The van der Waals surface area contributed by atoms with Gasteiger partial charge in [0.15, 0.2) is 0 Å². The van der Waals surface area contributed by atoms with E-state index in [-0.39, 0.29) is 11.8 Å². The largest absolute Gasteiger partial charge is 0.300 e. The van der Waals surface area contributed by atoms with E-state index in [1.807, 2.05) is 0 Å². The molecule has 1 aliphatic rings. The fourth-order valence-electron chi connectivity index (χ4n) is 1.91. The second-order valence-corrected chi connectivity index (χ2v) is 4.31. The molecule has 0 aliphatic carbocycles. The van der Waals surface area contributed by atoms with Crippen molar-refractivity contribution < 1.29 is 9.59 Å². The summed E-state index contributed by atoms with van der Waals surface area (Å²) in [4.78, 5) is 24.2. The molecule has 0 spiro atoms. The fraction of sp³-hybridized carbons (Fsp3) is 0.833. The fourth-order valence-corrected chi connectivity index (χ4v) is 1.91. The van der Waals surface area contributed by atoms with E-state index in [1.54, 1.807) is 0 Å². The zero-order valence-corrected chi connectivity index (χ0v) is 10.1. The Morgan fingerprint density at radius 2 is 1.56 bits per heavy atom. The molecule has 0 atom stereocenters. The van der Waals surface area contributed by atoms with Gasteiger partial charge in [0.05, 0.1) is 13.1 Å². The summed E-state index contributed by atoms with van der Waals surface area (Å²) in [5.74, 6) is -0.158. The van der Waals surface area contributed by atoms with E-state index in [9.17, 15) is 9.59 Å². The highest BCUT2D eigenvalue weighted by molar-refractivity contribution is 5.99. The summed E-state index contributed by atoms with van der Waals surface area (Å²) >= 11 is 0. The third kappa shape index (κ3) is 4.31. The van der Waals surface area contributed by atoms with Crippen LogP contribution >= 0.6 is 0 Å². The van der Waals surface area contributed by atoms with Gasteiger partial charge in [-0.1, -0.05) is 39.0 Å². The molecular formula is C12H22N2O2. The van der Waals surface area contributed by atoms with Crippen molar-refractivity contribution in [2.24, 2.45) is 0 Å². The first kappa shape index (κ1) is 13.2. The smallest absolute Gasteiger partial charge is 0.243 e. The molecule has 1 saturated heterocycles. The lowest BCUT2D eigenvalue weighted by atomic mass is 10.1. The van der Waals surface area contributed by atoms with Crippen molar-refractivity contribution >= 4 is 11.8 Å². The SMILES string of the molecule is CCCCCCCCN1C(=O)CNCC1=O. The summed E-state index contributed by atoms with van der Waals surface area (Å²) in [6.07, 6.45) is 7.06. The van der Waals surface area contributed by atoms with Crippen LogP contribution < -0.4 is 5.32 Å². The number of unbranched alkanes of at least 4 members (excludes halogenated alkanes) is 5. The van der Waals surface area contributed by atoms with Crippen LogP contribution in [0.4, 0.5) is 0 Å². The molecule has 1 rings (SSSR count). The number of carbonyl (C=O) groups is 2. The summed E-state index contributed by atoms with van der Waals surface area (Å²) < 4.78 is 0. The standard InChI is InChI=1S/C12H22N2O2/c1-2-3-4-5-6-7-8-14-11(15)9-13-10-12(14)16/h13H,2-10H2,1H3. The van der Waals surface area contributed by atoms with Crippen LogP contribution in [0.1, 0.15) is 45.4 Å².